The van der Waals surface area contributed by atoms with Crippen LogP contribution in [0.4, 0.5) is 4.39 Å². The van der Waals surface area contributed by atoms with Gasteiger partial charge in [-0.25, -0.2) is 19.3 Å². The van der Waals surface area contributed by atoms with E-state index in [0.29, 0.717) is 5.95 Å². The average molecular weight is 242 g/mol. The van der Waals surface area contributed by atoms with E-state index in [4.69, 9.17) is 0 Å². The molecule has 0 amide bonds. The number of imidazole rings is 1. The quantitative estimate of drug-likeness (QED) is 0.658. The van der Waals surface area contributed by atoms with Crippen LogP contribution in [0.1, 0.15) is 11.1 Å². The molecule has 0 bridgehead atoms. The van der Waals surface area contributed by atoms with Gasteiger partial charge in [0, 0.05) is 0 Å². The second kappa shape index (κ2) is 3.87. The first-order valence-corrected chi connectivity index (χ1v) is 5.57. The Labute approximate surface area is 103 Å². The highest BCUT2D eigenvalue weighted by molar-refractivity contribution is 5.78. The van der Waals surface area contributed by atoms with Gasteiger partial charge in [-0.05, 0) is 37.1 Å². The minimum atomic E-state index is -0.449. The fourth-order valence-electron chi connectivity index (χ4n) is 1.85. The summed E-state index contributed by atoms with van der Waals surface area (Å²) in [5.74, 6) is -0.0302. The molecule has 0 aliphatic carbocycles. The normalized spacial score (nSPS) is 11.1. The zero-order valence-corrected chi connectivity index (χ0v) is 10.1. The van der Waals surface area contributed by atoms with E-state index in [9.17, 15) is 4.39 Å². The largest absolute Gasteiger partial charge is 0.267 e. The van der Waals surface area contributed by atoms with E-state index >= 15 is 0 Å². The summed E-state index contributed by atoms with van der Waals surface area (Å²) in [5, 5.41) is 0. The van der Waals surface area contributed by atoms with Crippen molar-refractivity contribution in [1.82, 2.24) is 19.5 Å². The van der Waals surface area contributed by atoms with Crippen molar-refractivity contribution in [2.45, 2.75) is 13.8 Å². The lowest BCUT2D eigenvalue weighted by atomic mass is 10.1. The molecular weight excluding hydrogens is 231 g/mol. The maximum atomic E-state index is 12.8. The summed E-state index contributed by atoms with van der Waals surface area (Å²) < 4.78 is 14.6. The first kappa shape index (κ1) is 10.8. The third kappa shape index (κ3) is 1.64. The molecular formula is C13H11FN4. The topological polar surface area (TPSA) is 43.6 Å². The van der Waals surface area contributed by atoms with E-state index in [1.807, 2.05) is 26.0 Å². The Balaban J connectivity index is 2.23. The van der Waals surface area contributed by atoms with E-state index in [2.05, 4.69) is 15.0 Å². The third-order valence-corrected chi connectivity index (χ3v) is 2.98. The molecule has 5 heteroatoms. The molecule has 0 saturated heterocycles. The molecule has 0 fully saturated rings. The molecule has 0 atom stereocenters. The van der Waals surface area contributed by atoms with E-state index < -0.39 is 5.82 Å². The van der Waals surface area contributed by atoms with Crippen molar-refractivity contribution in [3.63, 3.8) is 0 Å². The van der Waals surface area contributed by atoms with Crippen molar-refractivity contribution in [1.29, 1.82) is 0 Å². The number of halogens is 1. The van der Waals surface area contributed by atoms with Crippen LogP contribution in [0.2, 0.25) is 0 Å². The molecule has 3 aromatic rings. The Morgan fingerprint density at radius 2 is 1.67 bits per heavy atom. The second-order valence-electron chi connectivity index (χ2n) is 4.24. The number of nitrogens with zero attached hydrogens (tertiary/aromatic N) is 4. The van der Waals surface area contributed by atoms with Gasteiger partial charge >= 0.3 is 0 Å². The lowest BCUT2D eigenvalue weighted by Gasteiger charge is -2.03. The van der Waals surface area contributed by atoms with Gasteiger partial charge in [0.05, 0.1) is 23.4 Å². The Hall–Kier alpha value is -2.30. The van der Waals surface area contributed by atoms with Gasteiger partial charge < -0.3 is 0 Å². The molecule has 2 aromatic heterocycles. The van der Waals surface area contributed by atoms with Crippen LogP contribution < -0.4 is 0 Å². The van der Waals surface area contributed by atoms with Crippen molar-refractivity contribution in [3.8, 4) is 5.95 Å². The molecule has 0 radical (unpaired) electrons. The molecule has 0 aliphatic heterocycles. The molecule has 18 heavy (non-hydrogen) atoms. The maximum Gasteiger partial charge on any atom is 0.235 e. The number of aryl methyl sites for hydroxylation is 2. The van der Waals surface area contributed by atoms with E-state index in [-0.39, 0.29) is 0 Å². The van der Waals surface area contributed by atoms with Crippen LogP contribution in [-0.2, 0) is 0 Å². The first-order chi connectivity index (χ1) is 8.65. The van der Waals surface area contributed by atoms with Crippen LogP contribution in [0.25, 0.3) is 17.0 Å². The predicted octanol–water partition coefficient (Wildman–Crippen LogP) is 2.57. The summed E-state index contributed by atoms with van der Waals surface area (Å²) in [6.45, 7) is 4.08. The highest BCUT2D eigenvalue weighted by Gasteiger charge is 2.08. The molecule has 2 heterocycles. The Morgan fingerprint density at radius 3 is 2.39 bits per heavy atom. The van der Waals surface area contributed by atoms with Crippen molar-refractivity contribution in [3.05, 3.63) is 47.8 Å². The van der Waals surface area contributed by atoms with E-state index in [1.165, 1.54) is 11.1 Å². The van der Waals surface area contributed by atoms with Crippen LogP contribution in [0.5, 0.6) is 0 Å². The smallest absolute Gasteiger partial charge is 0.235 e. The lowest BCUT2D eigenvalue weighted by molar-refractivity contribution is 0.611. The zero-order chi connectivity index (χ0) is 12.7. The SMILES string of the molecule is Cc1cc2ncn(-c3ncc(F)cn3)c2cc1C. The number of hydrogen-bond acceptors (Lipinski definition) is 3. The number of fused-ring (bicyclic) bond motifs is 1. The molecule has 90 valence electrons. The summed E-state index contributed by atoms with van der Waals surface area (Å²) in [4.78, 5) is 12.2. The van der Waals surface area contributed by atoms with Gasteiger partial charge in [-0.15, -0.1) is 0 Å². The van der Waals surface area contributed by atoms with Crippen molar-refractivity contribution >= 4 is 11.0 Å². The van der Waals surface area contributed by atoms with Crippen LogP contribution >= 0.6 is 0 Å². The van der Waals surface area contributed by atoms with Gasteiger partial charge in [-0.1, -0.05) is 0 Å². The third-order valence-electron chi connectivity index (χ3n) is 2.98. The first-order valence-electron chi connectivity index (χ1n) is 5.57. The molecule has 0 saturated carbocycles. The summed E-state index contributed by atoms with van der Waals surface area (Å²) in [6, 6.07) is 4.05. The van der Waals surface area contributed by atoms with Gasteiger partial charge in [0.15, 0.2) is 5.82 Å². The van der Waals surface area contributed by atoms with E-state index in [1.54, 1.807) is 10.9 Å². The van der Waals surface area contributed by atoms with Gasteiger partial charge in [0.1, 0.15) is 6.33 Å². The molecule has 0 unspecified atom stereocenters. The minimum Gasteiger partial charge on any atom is -0.267 e. The number of aromatic nitrogens is 4. The van der Waals surface area contributed by atoms with Gasteiger partial charge in [-0.2, -0.15) is 0 Å². The van der Waals surface area contributed by atoms with Crippen LogP contribution in [0.3, 0.4) is 0 Å². The Bertz CT molecular complexity index is 716. The average Bonchev–Trinajstić information content (AvgIpc) is 2.74. The summed E-state index contributed by atoms with van der Waals surface area (Å²) >= 11 is 0. The lowest BCUT2D eigenvalue weighted by Crippen LogP contribution is -1.99. The number of rotatable bonds is 1. The van der Waals surface area contributed by atoms with Crippen LogP contribution in [0, 0.1) is 19.7 Å². The summed E-state index contributed by atoms with van der Waals surface area (Å²) in [6.07, 6.45) is 3.95. The van der Waals surface area contributed by atoms with Gasteiger partial charge in [0.2, 0.25) is 5.95 Å². The molecule has 1 aromatic carbocycles. The van der Waals surface area contributed by atoms with Crippen LogP contribution in [-0.4, -0.2) is 19.5 Å². The molecule has 4 nitrogen and oxygen atoms in total. The highest BCUT2D eigenvalue weighted by Crippen LogP contribution is 2.20. The monoisotopic (exact) mass is 242 g/mol. The maximum absolute atomic E-state index is 12.8. The predicted molar refractivity (Wildman–Crippen MR) is 66.1 cm³/mol. The van der Waals surface area contributed by atoms with Gasteiger partial charge in [0.25, 0.3) is 0 Å². The molecule has 3 rings (SSSR count). The highest BCUT2D eigenvalue weighted by atomic mass is 19.1. The fourth-order valence-corrected chi connectivity index (χ4v) is 1.85. The van der Waals surface area contributed by atoms with Crippen molar-refractivity contribution < 1.29 is 4.39 Å². The van der Waals surface area contributed by atoms with Crippen molar-refractivity contribution in [2.75, 3.05) is 0 Å². The Kier molecular flexibility index (Phi) is 2.33. The zero-order valence-electron chi connectivity index (χ0n) is 10.1. The number of benzene rings is 1. The summed E-state index contributed by atoms with van der Waals surface area (Å²) in [7, 11) is 0. The second-order valence-corrected chi connectivity index (χ2v) is 4.24. The van der Waals surface area contributed by atoms with Gasteiger partial charge in [-0.3, -0.25) is 4.57 Å². The van der Waals surface area contributed by atoms with Crippen LogP contribution in [0.15, 0.2) is 30.9 Å². The standard InChI is InChI=1S/C13H11FN4/c1-8-3-11-12(4-9(8)2)18(7-17-11)13-15-5-10(14)6-16-13/h3-7H,1-2H3. The summed E-state index contributed by atoms with van der Waals surface area (Å²) in [5.41, 5.74) is 4.16. The minimum absolute atomic E-state index is 0.419. The van der Waals surface area contributed by atoms with E-state index in [0.717, 1.165) is 23.4 Å². The molecule has 0 aliphatic rings. The molecule has 0 spiro atoms. The molecule has 0 N–H and O–H groups in total. The number of hydrogen-bond donors (Lipinski definition) is 0. The fraction of sp³-hybridized carbons (Fsp3) is 0.154. The van der Waals surface area contributed by atoms with Crippen molar-refractivity contribution in [2.24, 2.45) is 0 Å². The Morgan fingerprint density at radius 1 is 1.00 bits per heavy atom.